The van der Waals surface area contributed by atoms with Gasteiger partial charge in [0.2, 0.25) is 0 Å². The molecule has 1 aliphatic heterocycles. The van der Waals surface area contributed by atoms with E-state index in [9.17, 15) is 0 Å². The first-order chi connectivity index (χ1) is 7.97. The van der Waals surface area contributed by atoms with E-state index in [2.05, 4.69) is 60.4 Å². The lowest BCUT2D eigenvalue weighted by atomic mass is 9.68. The predicted molar refractivity (Wildman–Crippen MR) is 78.9 cm³/mol. The first-order valence-corrected chi connectivity index (χ1v) is 7.32. The molecule has 0 saturated carbocycles. The van der Waals surface area contributed by atoms with E-state index in [1.807, 2.05) is 0 Å². The van der Waals surface area contributed by atoms with Gasteiger partial charge in [0, 0.05) is 11.5 Å². The Morgan fingerprint density at radius 3 is 2.06 bits per heavy atom. The Labute approximate surface area is 114 Å². The van der Waals surface area contributed by atoms with Crippen molar-refractivity contribution in [2.45, 2.75) is 72.4 Å². The Morgan fingerprint density at radius 1 is 1.17 bits per heavy atom. The maximum Gasteiger partial charge on any atom is 0.0598 e. The summed E-state index contributed by atoms with van der Waals surface area (Å²) in [6.45, 7) is 18.0. The van der Waals surface area contributed by atoms with Gasteiger partial charge in [-0.2, -0.15) is 0 Å². The molecule has 0 aromatic carbocycles. The highest BCUT2D eigenvalue weighted by Crippen LogP contribution is 2.44. The zero-order valence-corrected chi connectivity index (χ0v) is 13.8. The van der Waals surface area contributed by atoms with Crippen LogP contribution in [-0.2, 0) is 4.74 Å². The molecule has 1 saturated heterocycles. The summed E-state index contributed by atoms with van der Waals surface area (Å²) in [6.07, 6.45) is 2.61. The molecule has 0 aromatic rings. The molecular formula is C16H33NO. The average molecular weight is 255 g/mol. The number of likely N-dealkylation sites (tertiary alicyclic amines) is 1. The Balaban J connectivity index is 2.86. The number of rotatable bonds is 3. The van der Waals surface area contributed by atoms with Crippen molar-refractivity contribution in [1.82, 2.24) is 4.90 Å². The summed E-state index contributed by atoms with van der Waals surface area (Å²) in [5.41, 5.74) is 0.513. The molecule has 2 heteroatoms. The molecule has 1 fully saturated rings. The van der Waals surface area contributed by atoms with Crippen molar-refractivity contribution in [3.05, 3.63) is 0 Å². The van der Waals surface area contributed by atoms with Gasteiger partial charge in [0.1, 0.15) is 0 Å². The summed E-state index contributed by atoms with van der Waals surface area (Å²) >= 11 is 0. The third-order valence-corrected chi connectivity index (χ3v) is 4.53. The van der Waals surface area contributed by atoms with Gasteiger partial charge in [-0.3, -0.25) is 0 Å². The Hall–Kier alpha value is -0.0800. The van der Waals surface area contributed by atoms with Gasteiger partial charge >= 0.3 is 0 Å². The minimum Gasteiger partial charge on any atom is -0.375 e. The quantitative estimate of drug-likeness (QED) is 0.757. The molecule has 2 atom stereocenters. The molecular weight excluding hydrogens is 222 g/mol. The second kappa shape index (κ2) is 5.13. The van der Waals surface area contributed by atoms with E-state index in [0.717, 1.165) is 6.61 Å². The number of ether oxygens (including phenoxy) is 1. The minimum atomic E-state index is -0.0446. The van der Waals surface area contributed by atoms with Gasteiger partial charge in [0.15, 0.2) is 0 Å². The average Bonchev–Trinajstić information content (AvgIpc) is 2.43. The summed E-state index contributed by atoms with van der Waals surface area (Å²) < 4.78 is 6.12. The Morgan fingerprint density at radius 2 is 1.72 bits per heavy atom. The van der Waals surface area contributed by atoms with E-state index in [4.69, 9.17) is 4.74 Å². The third kappa shape index (κ3) is 3.71. The molecule has 0 aromatic heterocycles. The molecule has 0 radical (unpaired) electrons. The van der Waals surface area contributed by atoms with Crippen molar-refractivity contribution in [2.24, 2.45) is 11.3 Å². The fourth-order valence-corrected chi connectivity index (χ4v) is 3.26. The normalized spacial score (nSPS) is 28.7. The van der Waals surface area contributed by atoms with Gasteiger partial charge < -0.3 is 9.64 Å². The summed E-state index contributed by atoms with van der Waals surface area (Å²) in [5.74, 6) is 0.566. The zero-order chi connectivity index (χ0) is 14.2. The fourth-order valence-electron chi connectivity index (χ4n) is 3.26. The second-order valence-corrected chi connectivity index (χ2v) is 8.22. The first kappa shape index (κ1) is 16.0. The number of hydrogen-bond acceptors (Lipinski definition) is 2. The number of hydrogen-bond donors (Lipinski definition) is 0. The lowest BCUT2D eigenvalue weighted by molar-refractivity contribution is -0.0800. The van der Waals surface area contributed by atoms with Crippen LogP contribution in [0.5, 0.6) is 0 Å². The summed E-state index contributed by atoms with van der Waals surface area (Å²) in [5, 5.41) is 0. The Bertz CT molecular complexity index is 274. The van der Waals surface area contributed by atoms with Crippen LogP contribution in [0.2, 0.25) is 0 Å². The van der Waals surface area contributed by atoms with Gasteiger partial charge in [-0.25, -0.2) is 0 Å². The lowest BCUT2D eigenvalue weighted by Crippen LogP contribution is -2.52. The summed E-state index contributed by atoms with van der Waals surface area (Å²) in [6, 6.07) is 0. The van der Waals surface area contributed by atoms with Crippen molar-refractivity contribution < 1.29 is 4.74 Å². The van der Waals surface area contributed by atoms with Crippen LogP contribution in [0, 0.1) is 11.3 Å². The molecule has 18 heavy (non-hydrogen) atoms. The van der Waals surface area contributed by atoms with Gasteiger partial charge in [-0.15, -0.1) is 0 Å². The molecule has 1 aliphatic rings. The van der Waals surface area contributed by atoms with Gasteiger partial charge in [-0.05, 0) is 59.5 Å². The van der Waals surface area contributed by atoms with Crippen molar-refractivity contribution >= 4 is 0 Å². The summed E-state index contributed by atoms with van der Waals surface area (Å²) in [4.78, 5) is 2.54. The Kier molecular flexibility index (Phi) is 4.55. The van der Waals surface area contributed by atoms with E-state index in [1.165, 1.54) is 19.4 Å². The van der Waals surface area contributed by atoms with E-state index >= 15 is 0 Å². The molecule has 2 unspecified atom stereocenters. The fraction of sp³-hybridized carbons (Fsp3) is 1.00. The van der Waals surface area contributed by atoms with Crippen LogP contribution in [0.1, 0.15) is 61.3 Å². The highest BCUT2D eigenvalue weighted by molar-refractivity contribution is 5.00. The minimum absolute atomic E-state index is 0.0446. The van der Waals surface area contributed by atoms with Crippen molar-refractivity contribution in [2.75, 3.05) is 20.2 Å². The van der Waals surface area contributed by atoms with E-state index < -0.39 is 0 Å². The van der Waals surface area contributed by atoms with Gasteiger partial charge in [0.05, 0.1) is 12.2 Å². The molecule has 1 heterocycles. The summed E-state index contributed by atoms with van der Waals surface area (Å²) in [7, 11) is 2.27. The molecule has 2 nitrogen and oxygen atoms in total. The first-order valence-electron chi connectivity index (χ1n) is 7.32. The van der Waals surface area contributed by atoms with Crippen LogP contribution in [0.3, 0.4) is 0 Å². The van der Waals surface area contributed by atoms with E-state index in [0.29, 0.717) is 5.92 Å². The molecule has 108 valence electrons. The van der Waals surface area contributed by atoms with Crippen molar-refractivity contribution in [1.29, 1.82) is 0 Å². The smallest absolute Gasteiger partial charge is 0.0598 e. The van der Waals surface area contributed by atoms with Crippen molar-refractivity contribution in [3.8, 4) is 0 Å². The predicted octanol–water partition coefficient (Wildman–Crippen LogP) is 3.95. The van der Waals surface area contributed by atoms with Crippen LogP contribution in [0.25, 0.3) is 0 Å². The standard InChI is InChI=1S/C16H33NO/c1-14(2,3)13(12-18-15(4,5)6)16(7)10-9-11-17(16)8/h13H,9-12H2,1-8H3. The monoisotopic (exact) mass is 255 g/mol. The third-order valence-electron chi connectivity index (χ3n) is 4.53. The van der Waals surface area contributed by atoms with Crippen molar-refractivity contribution in [3.63, 3.8) is 0 Å². The largest absolute Gasteiger partial charge is 0.375 e. The van der Waals surface area contributed by atoms with Crippen LogP contribution >= 0.6 is 0 Å². The zero-order valence-electron chi connectivity index (χ0n) is 13.8. The van der Waals surface area contributed by atoms with Gasteiger partial charge in [-0.1, -0.05) is 20.8 Å². The highest BCUT2D eigenvalue weighted by atomic mass is 16.5. The molecule has 0 aliphatic carbocycles. The molecule has 0 bridgehead atoms. The van der Waals surface area contributed by atoms with Crippen LogP contribution in [0.15, 0.2) is 0 Å². The SMILES string of the molecule is CN1CCCC1(C)C(COC(C)(C)C)C(C)(C)C. The van der Waals surface area contributed by atoms with Crippen LogP contribution < -0.4 is 0 Å². The van der Waals surface area contributed by atoms with Crippen LogP contribution in [0.4, 0.5) is 0 Å². The van der Waals surface area contributed by atoms with Gasteiger partial charge in [0.25, 0.3) is 0 Å². The lowest BCUT2D eigenvalue weighted by Gasteiger charge is -2.47. The molecule has 0 N–H and O–H groups in total. The molecule has 1 rings (SSSR count). The number of nitrogens with zero attached hydrogens (tertiary/aromatic N) is 1. The topological polar surface area (TPSA) is 12.5 Å². The molecule has 0 amide bonds. The highest BCUT2D eigenvalue weighted by Gasteiger charge is 2.46. The van der Waals surface area contributed by atoms with E-state index in [1.54, 1.807) is 0 Å². The second-order valence-electron chi connectivity index (χ2n) is 8.22. The maximum atomic E-state index is 6.12. The maximum absolute atomic E-state index is 6.12. The molecule has 0 spiro atoms. The van der Waals surface area contributed by atoms with E-state index in [-0.39, 0.29) is 16.6 Å². The van der Waals surface area contributed by atoms with Crippen LogP contribution in [-0.4, -0.2) is 36.2 Å².